The number of nitrogens with zero attached hydrogens (tertiary/aromatic N) is 1. The molecule has 0 saturated carbocycles. The van der Waals surface area contributed by atoms with Crippen LogP contribution in [0.15, 0.2) is 33.9 Å². The Morgan fingerprint density at radius 2 is 2.18 bits per heavy atom. The zero-order valence-electron chi connectivity index (χ0n) is 9.81. The molecule has 1 aromatic heterocycles. The van der Waals surface area contributed by atoms with Gasteiger partial charge < -0.3 is 9.21 Å². The molecule has 0 aliphatic rings. The van der Waals surface area contributed by atoms with E-state index in [1.54, 1.807) is 18.7 Å². The van der Waals surface area contributed by atoms with Crippen LogP contribution in [0.2, 0.25) is 0 Å². The zero-order valence-corrected chi connectivity index (χ0v) is 10.6. The number of fused-ring (bicyclic) bond motifs is 1. The Bertz CT molecular complexity index is 474. The van der Waals surface area contributed by atoms with Gasteiger partial charge >= 0.3 is 0 Å². The molecule has 2 rings (SSSR count). The van der Waals surface area contributed by atoms with E-state index in [4.69, 9.17) is 4.42 Å². The van der Waals surface area contributed by atoms with Crippen LogP contribution in [0.5, 0.6) is 0 Å². The summed E-state index contributed by atoms with van der Waals surface area (Å²) < 4.78 is 5.58. The topological polar surface area (TPSA) is 43.1 Å². The first-order valence-electron chi connectivity index (χ1n) is 5.73. The van der Waals surface area contributed by atoms with Gasteiger partial charge in [0.25, 0.3) is 5.22 Å². The molecule has 0 N–H and O–H groups in total. The normalized spacial score (nSPS) is 10.9. The summed E-state index contributed by atoms with van der Waals surface area (Å²) in [4.78, 5) is 15.1. The molecule has 0 fully saturated rings. The van der Waals surface area contributed by atoms with Crippen molar-refractivity contribution in [3.05, 3.63) is 24.3 Å². The molecule has 4 heteroatoms. The Labute approximate surface area is 105 Å². The minimum absolute atomic E-state index is 0.261. The lowest BCUT2D eigenvalue weighted by Gasteiger charge is -1.96. The van der Waals surface area contributed by atoms with Crippen LogP contribution in [0.3, 0.4) is 0 Å². The van der Waals surface area contributed by atoms with Crippen LogP contribution < -0.4 is 0 Å². The molecule has 0 unspecified atom stereocenters. The van der Waals surface area contributed by atoms with E-state index < -0.39 is 0 Å². The lowest BCUT2D eigenvalue weighted by molar-refractivity contribution is -0.117. The van der Waals surface area contributed by atoms with Crippen molar-refractivity contribution in [1.29, 1.82) is 0 Å². The maximum absolute atomic E-state index is 10.8. The number of thioether (sulfide) groups is 1. The Morgan fingerprint density at radius 3 is 2.94 bits per heavy atom. The molecular formula is C13H15NO2S. The lowest BCUT2D eigenvalue weighted by atomic mass is 10.2. The monoisotopic (exact) mass is 249 g/mol. The summed E-state index contributed by atoms with van der Waals surface area (Å²) in [6, 6.07) is 7.75. The Morgan fingerprint density at radius 1 is 1.35 bits per heavy atom. The molecule has 0 bridgehead atoms. The molecule has 0 aliphatic carbocycles. The van der Waals surface area contributed by atoms with Crippen LogP contribution in [-0.4, -0.2) is 16.5 Å². The Hall–Kier alpha value is -1.29. The SMILES string of the molecule is CC(=O)CCCCSc1nc2ccccc2o1. The number of ketones is 1. The van der Waals surface area contributed by atoms with Gasteiger partial charge in [-0.3, -0.25) is 0 Å². The van der Waals surface area contributed by atoms with Crippen LogP contribution in [0.1, 0.15) is 26.2 Å². The molecule has 0 atom stereocenters. The molecule has 1 heterocycles. The van der Waals surface area contributed by atoms with Gasteiger partial charge in [0.05, 0.1) is 0 Å². The maximum atomic E-state index is 10.8. The molecule has 17 heavy (non-hydrogen) atoms. The Kier molecular flexibility index (Phi) is 4.20. The van der Waals surface area contributed by atoms with E-state index in [2.05, 4.69) is 4.98 Å². The van der Waals surface area contributed by atoms with Gasteiger partial charge in [0.1, 0.15) is 11.3 Å². The molecule has 1 aromatic carbocycles. The number of para-hydroxylation sites is 2. The van der Waals surface area contributed by atoms with Crippen LogP contribution >= 0.6 is 11.8 Å². The van der Waals surface area contributed by atoms with Crippen LogP contribution in [0.4, 0.5) is 0 Å². The van der Waals surface area contributed by atoms with Crippen molar-refractivity contribution in [2.75, 3.05) is 5.75 Å². The molecule has 0 spiro atoms. The maximum Gasteiger partial charge on any atom is 0.256 e. The van der Waals surface area contributed by atoms with E-state index in [9.17, 15) is 4.79 Å². The van der Waals surface area contributed by atoms with Crippen LogP contribution in [0, 0.1) is 0 Å². The summed E-state index contributed by atoms with van der Waals surface area (Å²) in [5.74, 6) is 1.21. The highest BCUT2D eigenvalue weighted by atomic mass is 32.2. The lowest BCUT2D eigenvalue weighted by Crippen LogP contribution is -1.90. The third-order valence-corrected chi connectivity index (χ3v) is 3.34. The molecule has 0 radical (unpaired) electrons. The van der Waals surface area contributed by atoms with Gasteiger partial charge in [-0.05, 0) is 31.9 Å². The molecular weight excluding hydrogens is 234 g/mol. The Balaban J connectivity index is 1.81. The highest BCUT2D eigenvalue weighted by Crippen LogP contribution is 2.23. The number of rotatable bonds is 6. The second kappa shape index (κ2) is 5.87. The zero-order chi connectivity index (χ0) is 12.1. The van der Waals surface area contributed by atoms with Gasteiger partial charge in [-0.2, -0.15) is 0 Å². The van der Waals surface area contributed by atoms with Crippen molar-refractivity contribution in [2.45, 2.75) is 31.4 Å². The molecule has 0 aliphatic heterocycles. The third kappa shape index (κ3) is 3.60. The molecule has 0 amide bonds. The van der Waals surface area contributed by atoms with Gasteiger partial charge in [-0.15, -0.1) is 0 Å². The number of carbonyl (C=O) groups is 1. The second-order valence-electron chi connectivity index (χ2n) is 3.96. The summed E-state index contributed by atoms with van der Waals surface area (Å²) in [6.07, 6.45) is 2.64. The second-order valence-corrected chi connectivity index (χ2v) is 5.00. The van der Waals surface area contributed by atoms with E-state index in [1.165, 1.54) is 0 Å². The quantitative estimate of drug-likeness (QED) is 0.578. The number of Topliss-reactive ketones (excluding diaryl/α,β-unsaturated/α-hetero) is 1. The smallest absolute Gasteiger partial charge is 0.256 e. The van der Waals surface area contributed by atoms with E-state index in [-0.39, 0.29) is 5.78 Å². The van der Waals surface area contributed by atoms with Crippen molar-refractivity contribution in [1.82, 2.24) is 4.98 Å². The van der Waals surface area contributed by atoms with Gasteiger partial charge in [0.15, 0.2) is 5.58 Å². The highest BCUT2D eigenvalue weighted by Gasteiger charge is 2.04. The number of hydrogen-bond donors (Lipinski definition) is 0. The van der Waals surface area contributed by atoms with Crippen molar-refractivity contribution in [3.63, 3.8) is 0 Å². The summed E-state index contributed by atoms with van der Waals surface area (Å²) in [5.41, 5.74) is 1.73. The predicted molar refractivity (Wildman–Crippen MR) is 69.3 cm³/mol. The minimum Gasteiger partial charge on any atom is -0.431 e. The first-order chi connectivity index (χ1) is 8.25. The minimum atomic E-state index is 0.261. The number of oxazole rings is 1. The third-order valence-electron chi connectivity index (χ3n) is 2.42. The summed E-state index contributed by atoms with van der Waals surface area (Å²) in [6.45, 7) is 1.63. The number of aromatic nitrogens is 1. The summed E-state index contributed by atoms with van der Waals surface area (Å²) in [5, 5.41) is 0.717. The molecule has 2 aromatic rings. The van der Waals surface area contributed by atoms with Crippen LogP contribution in [0.25, 0.3) is 11.1 Å². The molecule has 3 nitrogen and oxygen atoms in total. The van der Waals surface area contributed by atoms with Crippen molar-refractivity contribution >= 4 is 28.6 Å². The average molecular weight is 249 g/mol. The highest BCUT2D eigenvalue weighted by molar-refractivity contribution is 7.99. The summed E-state index contributed by atoms with van der Waals surface area (Å²) in [7, 11) is 0. The molecule has 90 valence electrons. The van der Waals surface area contributed by atoms with E-state index in [1.807, 2.05) is 24.3 Å². The first-order valence-corrected chi connectivity index (χ1v) is 6.72. The summed E-state index contributed by atoms with van der Waals surface area (Å²) >= 11 is 1.61. The van der Waals surface area contributed by atoms with Gasteiger partial charge in [-0.1, -0.05) is 23.9 Å². The average Bonchev–Trinajstić information content (AvgIpc) is 2.70. The molecule has 0 saturated heterocycles. The van der Waals surface area contributed by atoms with Crippen molar-refractivity contribution in [2.24, 2.45) is 0 Å². The fourth-order valence-electron chi connectivity index (χ4n) is 1.55. The fraction of sp³-hybridized carbons (Fsp3) is 0.385. The number of hydrogen-bond acceptors (Lipinski definition) is 4. The van der Waals surface area contributed by atoms with E-state index >= 15 is 0 Å². The number of carbonyl (C=O) groups excluding carboxylic acids is 1. The van der Waals surface area contributed by atoms with E-state index in [0.29, 0.717) is 11.6 Å². The fourth-order valence-corrected chi connectivity index (χ4v) is 2.38. The van der Waals surface area contributed by atoms with Gasteiger partial charge in [0, 0.05) is 12.2 Å². The predicted octanol–water partition coefficient (Wildman–Crippen LogP) is 3.68. The van der Waals surface area contributed by atoms with Crippen molar-refractivity contribution in [3.8, 4) is 0 Å². The standard InChI is InChI=1S/C13H15NO2S/c1-10(15)6-4-5-9-17-13-14-11-7-2-3-8-12(11)16-13/h2-3,7-8H,4-6,9H2,1H3. The van der Waals surface area contributed by atoms with Crippen LogP contribution in [-0.2, 0) is 4.79 Å². The largest absolute Gasteiger partial charge is 0.431 e. The van der Waals surface area contributed by atoms with Gasteiger partial charge in [0.2, 0.25) is 0 Å². The van der Waals surface area contributed by atoms with Crippen molar-refractivity contribution < 1.29 is 9.21 Å². The van der Waals surface area contributed by atoms with Gasteiger partial charge in [-0.25, -0.2) is 4.98 Å². The van der Waals surface area contributed by atoms with E-state index in [0.717, 1.165) is 29.7 Å². The number of unbranched alkanes of at least 4 members (excludes halogenated alkanes) is 1. The number of benzene rings is 1. The first kappa shape index (κ1) is 12.2.